The van der Waals surface area contributed by atoms with Gasteiger partial charge in [0.05, 0.1) is 12.8 Å². The maximum absolute atomic E-state index is 8.55. The normalized spacial score (nSPS) is 17.8. The van der Waals surface area contributed by atoms with Crippen LogP contribution in [0.25, 0.3) is 0 Å². The molecule has 1 saturated carbocycles. The third-order valence-corrected chi connectivity index (χ3v) is 3.30. The predicted octanol–water partition coefficient (Wildman–Crippen LogP) is 2.14. The number of hydrogen-bond acceptors (Lipinski definition) is 4. The van der Waals surface area contributed by atoms with Gasteiger partial charge in [0.1, 0.15) is 11.6 Å². The zero-order valence-electron chi connectivity index (χ0n) is 9.27. The minimum Gasteiger partial charge on any atom is -0.491 e. The van der Waals surface area contributed by atoms with Crippen LogP contribution >= 0.6 is 15.9 Å². The molecular weight excluding hydrogens is 286 g/mol. The van der Waals surface area contributed by atoms with E-state index >= 15 is 0 Å². The highest BCUT2D eigenvalue weighted by Crippen LogP contribution is 2.48. The Kier molecular flexibility index (Phi) is 3.51. The van der Waals surface area contributed by atoms with Gasteiger partial charge in [0.25, 0.3) is 0 Å². The molecule has 0 saturated heterocycles. The van der Waals surface area contributed by atoms with Crippen LogP contribution in [0.4, 0.5) is 0 Å². The van der Waals surface area contributed by atoms with Crippen molar-refractivity contribution >= 4 is 21.8 Å². The summed E-state index contributed by atoms with van der Waals surface area (Å²) < 4.78 is 6.56. The van der Waals surface area contributed by atoms with Crippen LogP contribution in [0.1, 0.15) is 19.3 Å². The number of nitrogens with two attached hydrogens (primary N) is 1. The summed E-state index contributed by atoms with van der Waals surface area (Å²) in [4.78, 5) is 4.02. The summed E-state index contributed by atoms with van der Waals surface area (Å²) in [7, 11) is 0. The van der Waals surface area contributed by atoms with Gasteiger partial charge in [-0.05, 0) is 34.8 Å². The topological polar surface area (TPSA) is 80.7 Å². The molecule has 1 aliphatic rings. The second kappa shape index (κ2) is 4.91. The molecule has 0 unspecified atom stereocenters. The van der Waals surface area contributed by atoms with E-state index in [1.165, 1.54) is 0 Å². The Morgan fingerprint density at radius 2 is 2.35 bits per heavy atom. The molecule has 92 valence electrons. The van der Waals surface area contributed by atoms with Gasteiger partial charge in [0.2, 0.25) is 0 Å². The molecule has 2 rings (SSSR count). The zero-order chi connectivity index (χ0) is 12.3. The summed E-state index contributed by atoms with van der Waals surface area (Å²) in [5.74, 6) is 0.989. The Bertz CT molecular complexity index is 432. The number of oxime groups is 1. The quantitative estimate of drug-likeness (QED) is 0.378. The van der Waals surface area contributed by atoms with Gasteiger partial charge >= 0.3 is 0 Å². The molecule has 6 heteroatoms. The van der Waals surface area contributed by atoms with Gasteiger partial charge in [-0.2, -0.15) is 0 Å². The van der Waals surface area contributed by atoms with E-state index in [4.69, 9.17) is 15.7 Å². The lowest BCUT2D eigenvalue weighted by molar-refractivity contribution is 0.235. The number of hydrogen-bond donors (Lipinski definition) is 2. The molecule has 0 bridgehead atoms. The molecule has 1 aromatic heterocycles. The van der Waals surface area contributed by atoms with E-state index in [1.807, 2.05) is 6.07 Å². The molecule has 0 spiro atoms. The first-order valence-electron chi connectivity index (χ1n) is 5.33. The Morgan fingerprint density at radius 3 is 2.94 bits per heavy atom. The van der Waals surface area contributed by atoms with Gasteiger partial charge in [-0.25, -0.2) is 0 Å². The molecule has 0 aliphatic heterocycles. The second-order valence-corrected chi connectivity index (χ2v) is 5.31. The first-order valence-corrected chi connectivity index (χ1v) is 6.13. The predicted molar refractivity (Wildman–Crippen MR) is 67.1 cm³/mol. The highest BCUT2D eigenvalue weighted by Gasteiger charge is 2.44. The van der Waals surface area contributed by atoms with Gasteiger partial charge < -0.3 is 15.7 Å². The summed E-state index contributed by atoms with van der Waals surface area (Å²) in [5.41, 5.74) is 5.56. The maximum atomic E-state index is 8.55. The number of rotatable bonds is 5. The van der Waals surface area contributed by atoms with E-state index in [1.54, 1.807) is 12.4 Å². The number of ether oxygens (including phenoxy) is 1. The fourth-order valence-corrected chi connectivity index (χ4v) is 2.02. The molecule has 1 heterocycles. The molecule has 1 fully saturated rings. The standard InChI is InChI=1S/C11H14BrN3O2/c12-8-3-9(6-14-5-8)17-7-11(1-2-11)4-10(13)15-16/h3,5-6,16H,1-2,4,7H2,(H2,13,15). The minimum atomic E-state index is 0.0403. The van der Waals surface area contributed by atoms with Gasteiger partial charge in [0, 0.05) is 22.5 Å². The van der Waals surface area contributed by atoms with Crippen molar-refractivity contribution in [3.05, 3.63) is 22.9 Å². The molecule has 0 aromatic carbocycles. The van der Waals surface area contributed by atoms with Crippen molar-refractivity contribution in [1.29, 1.82) is 0 Å². The average molecular weight is 300 g/mol. The van der Waals surface area contributed by atoms with Gasteiger partial charge in [-0.1, -0.05) is 5.16 Å². The first-order chi connectivity index (χ1) is 8.13. The van der Waals surface area contributed by atoms with Crippen LogP contribution in [-0.2, 0) is 0 Å². The van der Waals surface area contributed by atoms with Crippen LogP contribution < -0.4 is 10.5 Å². The minimum absolute atomic E-state index is 0.0403. The van der Waals surface area contributed by atoms with Crippen LogP contribution in [0.2, 0.25) is 0 Å². The largest absolute Gasteiger partial charge is 0.491 e. The number of pyridine rings is 1. The first kappa shape index (κ1) is 12.2. The summed E-state index contributed by atoms with van der Waals surface area (Å²) in [5, 5.41) is 11.6. The highest BCUT2D eigenvalue weighted by atomic mass is 79.9. The lowest BCUT2D eigenvalue weighted by atomic mass is 10.0. The van der Waals surface area contributed by atoms with E-state index in [9.17, 15) is 0 Å². The second-order valence-electron chi connectivity index (χ2n) is 4.40. The van der Waals surface area contributed by atoms with Crippen LogP contribution in [-0.4, -0.2) is 22.6 Å². The third-order valence-electron chi connectivity index (χ3n) is 2.87. The highest BCUT2D eigenvalue weighted by molar-refractivity contribution is 9.10. The summed E-state index contributed by atoms with van der Waals surface area (Å²) in [6.45, 7) is 0.571. The summed E-state index contributed by atoms with van der Waals surface area (Å²) in [6, 6.07) is 1.87. The zero-order valence-corrected chi connectivity index (χ0v) is 10.9. The third kappa shape index (κ3) is 3.33. The molecule has 17 heavy (non-hydrogen) atoms. The van der Waals surface area contributed by atoms with E-state index in [-0.39, 0.29) is 11.3 Å². The number of nitrogens with zero attached hydrogens (tertiary/aromatic N) is 2. The lowest BCUT2D eigenvalue weighted by Crippen LogP contribution is -2.22. The Balaban J connectivity index is 1.90. The fraction of sp³-hybridized carbons (Fsp3) is 0.455. The van der Waals surface area contributed by atoms with E-state index < -0.39 is 0 Å². The van der Waals surface area contributed by atoms with Crippen molar-refractivity contribution in [1.82, 2.24) is 4.98 Å². The summed E-state index contributed by atoms with van der Waals surface area (Å²) >= 11 is 3.34. The van der Waals surface area contributed by atoms with E-state index in [2.05, 4.69) is 26.1 Å². The van der Waals surface area contributed by atoms with Gasteiger partial charge in [-0.3, -0.25) is 4.98 Å². The van der Waals surface area contributed by atoms with Crippen molar-refractivity contribution in [3.8, 4) is 5.75 Å². The number of halogens is 1. The smallest absolute Gasteiger partial charge is 0.139 e. The Labute approximate surface area is 108 Å². The van der Waals surface area contributed by atoms with Crippen molar-refractivity contribution in [3.63, 3.8) is 0 Å². The average Bonchev–Trinajstić information content (AvgIpc) is 3.07. The Morgan fingerprint density at radius 1 is 1.59 bits per heavy atom. The van der Waals surface area contributed by atoms with E-state index in [0.29, 0.717) is 13.0 Å². The molecule has 0 atom stereocenters. The maximum Gasteiger partial charge on any atom is 0.139 e. The molecule has 5 nitrogen and oxygen atoms in total. The molecule has 1 aromatic rings. The van der Waals surface area contributed by atoms with Crippen LogP contribution in [0.5, 0.6) is 5.75 Å². The SMILES string of the molecule is NC(CC1(COc2cncc(Br)c2)CC1)=NO. The van der Waals surface area contributed by atoms with E-state index in [0.717, 1.165) is 23.1 Å². The van der Waals surface area contributed by atoms with Crippen molar-refractivity contribution < 1.29 is 9.94 Å². The summed E-state index contributed by atoms with van der Waals surface area (Å²) in [6.07, 6.45) is 6.04. The number of aromatic nitrogens is 1. The van der Waals surface area contributed by atoms with Gasteiger partial charge in [-0.15, -0.1) is 0 Å². The molecule has 3 N–H and O–H groups in total. The van der Waals surface area contributed by atoms with Crippen LogP contribution in [0.3, 0.4) is 0 Å². The number of amidine groups is 1. The van der Waals surface area contributed by atoms with Gasteiger partial charge in [0.15, 0.2) is 0 Å². The molecule has 0 amide bonds. The fourth-order valence-electron chi connectivity index (χ4n) is 1.68. The molecular formula is C11H14BrN3O2. The lowest BCUT2D eigenvalue weighted by Gasteiger charge is -2.15. The van der Waals surface area contributed by atoms with Crippen LogP contribution in [0.15, 0.2) is 28.1 Å². The molecule has 1 aliphatic carbocycles. The van der Waals surface area contributed by atoms with Crippen molar-refractivity contribution in [2.75, 3.05) is 6.61 Å². The van der Waals surface area contributed by atoms with Crippen molar-refractivity contribution in [2.24, 2.45) is 16.3 Å². The Hall–Kier alpha value is -1.30. The van der Waals surface area contributed by atoms with Crippen LogP contribution in [0, 0.1) is 5.41 Å². The van der Waals surface area contributed by atoms with Crippen molar-refractivity contribution in [2.45, 2.75) is 19.3 Å². The monoisotopic (exact) mass is 299 g/mol. The molecule has 0 radical (unpaired) electrons.